The average Bonchev–Trinajstić information content (AvgIpc) is 2.75. The van der Waals surface area contributed by atoms with Gasteiger partial charge in [0.05, 0.1) is 6.54 Å². The number of hydrogen-bond donors (Lipinski definition) is 2. The Morgan fingerprint density at radius 3 is 2.89 bits per heavy atom. The number of nitrogens with one attached hydrogen (secondary N) is 2. The summed E-state index contributed by atoms with van der Waals surface area (Å²) in [5.41, 5.74) is 2.38. The Bertz CT molecular complexity index is 633. The lowest BCUT2D eigenvalue weighted by Gasteiger charge is -2.05. The minimum Gasteiger partial charge on any atom is -0.346 e. The maximum atomic E-state index is 11.9. The van der Waals surface area contributed by atoms with Gasteiger partial charge in [-0.2, -0.15) is 0 Å². The number of amides is 1. The summed E-state index contributed by atoms with van der Waals surface area (Å²) in [4.78, 5) is 25.3. The molecule has 0 radical (unpaired) electrons. The fraction of sp³-hybridized carbons (Fsp3) is 0.167. The van der Waals surface area contributed by atoms with Gasteiger partial charge in [0.1, 0.15) is 0 Å². The number of thiazole rings is 1. The first-order valence-corrected chi connectivity index (χ1v) is 6.94. The molecule has 0 aliphatic rings. The van der Waals surface area contributed by atoms with Crippen molar-refractivity contribution in [3.63, 3.8) is 0 Å². The Hall–Kier alpha value is -1.40. The summed E-state index contributed by atoms with van der Waals surface area (Å²) >= 11 is 4.47. The maximum absolute atomic E-state index is 11.9. The second-order valence-electron chi connectivity index (χ2n) is 3.82. The molecular weight excluding hydrogens is 316 g/mol. The van der Waals surface area contributed by atoms with Crippen molar-refractivity contribution in [1.29, 1.82) is 0 Å². The minimum atomic E-state index is -0.164. The fourth-order valence-electron chi connectivity index (χ4n) is 1.41. The second kappa shape index (κ2) is 5.49. The van der Waals surface area contributed by atoms with Crippen LogP contribution in [0.4, 0.5) is 0 Å². The van der Waals surface area contributed by atoms with Gasteiger partial charge in [0, 0.05) is 21.1 Å². The predicted octanol–water partition coefficient (Wildman–Crippen LogP) is 2.44. The number of aromatic nitrogens is 1. The number of aromatic amines is 1. The highest BCUT2D eigenvalue weighted by Gasteiger charge is 2.07. The smallest absolute Gasteiger partial charge is 0.304 e. The summed E-state index contributed by atoms with van der Waals surface area (Å²) in [5.74, 6) is -0.164. The summed E-state index contributed by atoms with van der Waals surface area (Å²) in [6.45, 7) is 2.28. The molecule has 1 amide bonds. The third-order valence-corrected chi connectivity index (χ3v) is 4.02. The van der Waals surface area contributed by atoms with Crippen molar-refractivity contribution < 1.29 is 4.79 Å². The molecule has 2 N–H and O–H groups in total. The largest absolute Gasteiger partial charge is 0.346 e. The molecule has 0 atom stereocenters. The monoisotopic (exact) mass is 326 g/mol. The van der Waals surface area contributed by atoms with Gasteiger partial charge in [-0.05, 0) is 24.6 Å². The van der Waals surface area contributed by atoms with Crippen LogP contribution in [0.2, 0.25) is 0 Å². The van der Waals surface area contributed by atoms with E-state index >= 15 is 0 Å². The molecule has 6 heteroatoms. The van der Waals surface area contributed by atoms with E-state index in [9.17, 15) is 9.59 Å². The Morgan fingerprint density at radius 1 is 1.50 bits per heavy atom. The van der Waals surface area contributed by atoms with Crippen molar-refractivity contribution in [2.75, 3.05) is 0 Å². The number of hydrogen-bond acceptors (Lipinski definition) is 3. The lowest BCUT2D eigenvalue weighted by molar-refractivity contribution is 0.0950. The summed E-state index contributed by atoms with van der Waals surface area (Å²) in [5, 5.41) is 4.45. The minimum absolute atomic E-state index is 0.114. The summed E-state index contributed by atoms with van der Waals surface area (Å²) in [7, 11) is 0. The lowest BCUT2D eigenvalue weighted by Crippen LogP contribution is -2.23. The first-order chi connectivity index (χ1) is 8.56. The van der Waals surface area contributed by atoms with Crippen LogP contribution in [0.25, 0.3) is 0 Å². The Balaban J connectivity index is 2.03. The molecule has 2 aromatic rings. The molecule has 0 spiro atoms. The fourth-order valence-corrected chi connectivity index (χ4v) is 2.37. The van der Waals surface area contributed by atoms with Crippen molar-refractivity contribution >= 4 is 33.2 Å². The van der Waals surface area contributed by atoms with Crippen LogP contribution in [0, 0.1) is 6.92 Å². The third kappa shape index (κ3) is 3.08. The summed E-state index contributed by atoms with van der Waals surface area (Å²) < 4.78 is 0.902. The van der Waals surface area contributed by atoms with Crippen molar-refractivity contribution in [1.82, 2.24) is 10.3 Å². The normalized spacial score (nSPS) is 10.3. The van der Waals surface area contributed by atoms with Crippen molar-refractivity contribution in [2.45, 2.75) is 13.5 Å². The van der Waals surface area contributed by atoms with Gasteiger partial charge >= 0.3 is 4.87 Å². The van der Waals surface area contributed by atoms with Crippen LogP contribution in [-0.2, 0) is 6.54 Å². The molecule has 0 saturated heterocycles. The maximum Gasteiger partial charge on any atom is 0.304 e. The van der Waals surface area contributed by atoms with Gasteiger partial charge in [-0.3, -0.25) is 9.59 Å². The van der Waals surface area contributed by atoms with Gasteiger partial charge in [0.15, 0.2) is 0 Å². The first-order valence-electron chi connectivity index (χ1n) is 5.27. The van der Waals surface area contributed by atoms with E-state index in [4.69, 9.17) is 0 Å². The van der Waals surface area contributed by atoms with Gasteiger partial charge in [-0.25, -0.2) is 0 Å². The van der Waals surface area contributed by atoms with E-state index in [1.165, 1.54) is 0 Å². The van der Waals surface area contributed by atoms with E-state index in [0.717, 1.165) is 21.4 Å². The molecular formula is C12H11BrN2O2S. The second-order valence-corrected chi connectivity index (χ2v) is 5.52. The van der Waals surface area contributed by atoms with E-state index in [-0.39, 0.29) is 10.8 Å². The molecule has 0 fully saturated rings. The molecule has 0 saturated carbocycles. The molecule has 18 heavy (non-hydrogen) atoms. The Morgan fingerprint density at radius 2 is 2.28 bits per heavy atom. The Labute approximate surface area is 116 Å². The molecule has 4 nitrogen and oxygen atoms in total. The van der Waals surface area contributed by atoms with Crippen molar-refractivity contribution in [2.24, 2.45) is 0 Å². The number of aryl methyl sites for hydroxylation is 1. The van der Waals surface area contributed by atoms with Gasteiger partial charge in [0.2, 0.25) is 0 Å². The lowest BCUT2D eigenvalue weighted by atomic mass is 10.1. The Kier molecular flexibility index (Phi) is 3.98. The number of rotatable bonds is 3. The van der Waals surface area contributed by atoms with E-state index < -0.39 is 0 Å². The zero-order valence-corrected chi connectivity index (χ0v) is 12.0. The highest BCUT2D eigenvalue weighted by atomic mass is 79.9. The van der Waals surface area contributed by atoms with Gasteiger partial charge < -0.3 is 10.3 Å². The molecule has 0 aliphatic carbocycles. The van der Waals surface area contributed by atoms with E-state index in [1.54, 1.807) is 17.5 Å². The highest BCUT2D eigenvalue weighted by Crippen LogP contribution is 2.17. The topological polar surface area (TPSA) is 62.0 Å². The molecule has 1 heterocycles. The number of benzene rings is 1. The predicted molar refractivity (Wildman–Crippen MR) is 75.0 cm³/mol. The van der Waals surface area contributed by atoms with Crippen LogP contribution in [0.3, 0.4) is 0 Å². The molecule has 1 aromatic carbocycles. The zero-order valence-electron chi connectivity index (χ0n) is 9.62. The number of carbonyl (C=O) groups is 1. The van der Waals surface area contributed by atoms with Gasteiger partial charge in [0.25, 0.3) is 5.91 Å². The third-order valence-electron chi connectivity index (χ3n) is 2.44. The quantitative estimate of drug-likeness (QED) is 0.910. The molecule has 0 bridgehead atoms. The van der Waals surface area contributed by atoms with Crippen LogP contribution in [0.5, 0.6) is 0 Å². The molecule has 2 rings (SSSR count). The SMILES string of the molecule is Cc1ccc(C(=O)NCc2csc(=O)[nH]2)cc1Br. The van der Waals surface area contributed by atoms with Crippen LogP contribution in [-0.4, -0.2) is 10.9 Å². The van der Waals surface area contributed by atoms with Crippen molar-refractivity contribution in [3.8, 4) is 0 Å². The first kappa shape index (κ1) is 13.0. The number of halogens is 1. The van der Waals surface area contributed by atoms with E-state index in [2.05, 4.69) is 26.2 Å². The molecule has 94 valence electrons. The van der Waals surface area contributed by atoms with Crippen LogP contribution in [0.15, 0.2) is 32.8 Å². The van der Waals surface area contributed by atoms with Crippen LogP contribution in [0.1, 0.15) is 21.6 Å². The van der Waals surface area contributed by atoms with Gasteiger partial charge in [-0.15, -0.1) is 0 Å². The standard InChI is InChI=1S/C12H11BrN2O2S/c1-7-2-3-8(4-10(7)13)11(16)14-5-9-6-18-12(17)15-9/h2-4,6H,5H2,1H3,(H,14,16)(H,15,17). The molecule has 0 unspecified atom stereocenters. The van der Waals surface area contributed by atoms with Gasteiger partial charge in [-0.1, -0.05) is 33.3 Å². The molecule has 1 aromatic heterocycles. The van der Waals surface area contributed by atoms with Crippen LogP contribution < -0.4 is 10.2 Å². The summed E-state index contributed by atoms with van der Waals surface area (Å²) in [6.07, 6.45) is 0. The average molecular weight is 327 g/mol. The molecule has 0 aliphatic heterocycles. The van der Waals surface area contributed by atoms with Crippen LogP contribution >= 0.6 is 27.3 Å². The highest BCUT2D eigenvalue weighted by molar-refractivity contribution is 9.10. The number of carbonyl (C=O) groups excluding carboxylic acids is 1. The zero-order chi connectivity index (χ0) is 13.1. The van der Waals surface area contributed by atoms with Crippen molar-refractivity contribution in [3.05, 3.63) is 54.5 Å². The van der Waals surface area contributed by atoms with E-state index in [0.29, 0.717) is 17.8 Å². The summed E-state index contributed by atoms with van der Waals surface area (Å²) in [6, 6.07) is 5.43. The number of H-pyrrole nitrogens is 1. The van der Waals surface area contributed by atoms with E-state index in [1.807, 2.05) is 13.0 Å².